The van der Waals surface area contributed by atoms with Gasteiger partial charge in [-0.15, -0.1) is 10.2 Å². The van der Waals surface area contributed by atoms with Gasteiger partial charge in [0, 0.05) is 44.2 Å². The molecule has 3 atom stereocenters. The van der Waals surface area contributed by atoms with Crippen molar-refractivity contribution in [3.63, 3.8) is 0 Å². The minimum absolute atomic E-state index is 0.00708. The van der Waals surface area contributed by atoms with E-state index in [9.17, 15) is 14.7 Å². The number of ether oxygens (including phenoxy) is 2. The van der Waals surface area contributed by atoms with E-state index in [1.54, 1.807) is 23.6 Å². The highest BCUT2D eigenvalue weighted by Gasteiger charge is 2.32. The smallest absolute Gasteiger partial charge is 0.243 e. The SMILES string of the molecule is Cn1cnnc1SC[C@@H]1C[C@H](c2ccc(CO)cc2)O[C@H](c2ccc(-c3ccccc3CNC(=O)CCCCCCC(=O)NO)cc2)O1. The van der Waals surface area contributed by atoms with E-state index in [1.807, 2.05) is 66.2 Å². The van der Waals surface area contributed by atoms with Gasteiger partial charge in [-0.25, -0.2) is 5.48 Å². The molecule has 0 radical (unpaired) electrons. The van der Waals surface area contributed by atoms with Crippen LogP contribution in [0.5, 0.6) is 0 Å². The molecule has 48 heavy (non-hydrogen) atoms. The molecule has 3 aromatic carbocycles. The van der Waals surface area contributed by atoms with Gasteiger partial charge in [-0.3, -0.25) is 14.8 Å². The van der Waals surface area contributed by atoms with E-state index >= 15 is 0 Å². The number of aliphatic hydroxyl groups is 1. The lowest BCUT2D eigenvalue weighted by Crippen LogP contribution is -2.31. The molecule has 2 heterocycles. The lowest BCUT2D eigenvalue weighted by molar-refractivity contribution is -0.245. The first-order valence-electron chi connectivity index (χ1n) is 16.3. The van der Waals surface area contributed by atoms with Crippen LogP contribution >= 0.6 is 11.8 Å². The topological polar surface area (TPSA) is 148 Å². The summed E-state index contributed by atoms with van der Waals surface area (Å²) in [5, 5.41) is 30.1. The minimum Gasteiger partial charge on any atom is -0.392 e. The second kappa shape index (κ2) is 17.9. The largest absolute Gasteiger partial charge is 0.392 e. The van der Waals surface area contributed by atoms with Gasteiger partial charge in [-0.05, 0) is 40.7 Å². The van der Waals surface area contributed by atoms with Gasteiger partial charge in [0.1, 0.15) is 6.33 Å². The lowest BCUT2D eigenvalue weighted by atomic mass is 9.97. The van der Waals surface area contributed by atoms with E-state index in [-0.39, 0.29) is 37.0 Å². The van der Waals surface area contributed by atoms with Crippen LogP contribution in [-0.4, -0.2) is 48.7 Å². The van der Waals surface area contributed by atoms with Crippen molar-refractivity contribution in [2.75, 3.05) is 5.75 Å². The molecule has 4 aromatic rings. The van der Waals surface area contributed by atoms with E-state index in [2.05, 4.69) is 33.7 Å². The molecule has 1 aliphatic rings. The van der Waals surface area contributed by atoms with E-state index < -0.39 is 6.29 Å². The number of hydroxylamine groups is 1. The number of nitrogens with one attached hydrogen (secondary N) is 2. The van der Waals surface area contributed by atoms with Crippen LogP contribution in [0.25, 0.3) is 11.1 Å². The summed E-state index contributed by atoms with van der Waals surface area (Å²) < 4.78 is 14.9. The van der Waals surface area contributed by atoms with Gasteiger partial charge >= 0.3 is 0 Å². The zero-order valence-corrected chi connectivity index (χ0v) is 27.9. The van der Waals surface area contributed by atoms with Crippen LogP contribution in [0, 0.1) is 0 Å². The number of aromatic nitrogens is 3. The van der Waals surface area contributed by atoms with Crippen molar-refractivity contribution in [2.24, 2.45) is 7.05 Å². The Balaban J connectivity index is 1.21. The van der Waals surface area contributed by atoms with E-state index in [4.69, 9.17) is 14.7 Å². The van der Waals surface area contributed by atoms with Crippen LogP contribution in [0.1, 0.15) is 79.6 Å². The number of rotatable bonds is 16. The van der Waals surface area contributed by atoms with Crippen LogP contribution in [0.3, 0.4) is 0 Å². The monoisotopic (exact) mass is 673 g/mol. The van der Waals surface area contributed by atoms with Crippen molar-refractivity contribution in [3.05, 3.63) is 101 Å². The molecule has 12 heteroatoms. The second-order valence-electron chi connectivity index (χ2n) is 11.9. The Labute approximate surface area is 285 Å². The quantitative estimate of drug-likeness (QED) is 0.0503. The zero-order valence-electron chi connectivity index (χ0n) is 27.1. The van der Waals surface area contributed by atoms with Crippen LogP contribution in [0.15, 0.2) is 84.3 Å². The molecule has 1 aliphatic heterocycles. The molecule has 254 valence electrons. The van der Waals surface area contributed by atoms with E-state index in [1.165, 1.54) is 0 Å². The summed E-state index contributed by atoms with van der Waals surface area (Å²) in [6, 6.07) is 24.1. The molecule has 1 saturated heterocycles. The zero-order chi connectivity index (χ0) is 33.7. The van der Waals surface area contributed by atoms with Crippen LogP contribution in [0.2, 0.25) is 0 Å². The van der Waals surface area contributed by atoms with Crippen molar-refractivity contribution in [1.29, 1.82) is 0 Å². The Morgan fingerprint density at radius 2 is 1.62 bits per heavy atom. The summed E-state index contributed by atoms with van der Waals surface area (Å²) in [5.74, 6) is 0.301. The average Bonchev–Trinajstić information content (AvgIpc) is 3.55. The maximum absolute atomic E-state index is 12.5. The standard InChI is InChI=1S/C36H43N5O6S/c1-41-24-38-39-36(41)48-23-30-20-32(27-14-12-25(22-42)13-15-27)47-35(46-30)28-18-16-26(17-19-28)31-9-7-6-8-29(31)21-37-33(43)10-4-2-3-5-11-34(44)40-45/h6-9,12-19,24,30,32,35,42,45H,2-5,10-11,20-23H2,1H3,(H,37,43)(H,40,44)/t30-,32+,35+/m0/s1. The number of carbonyl (C=O) groups is 2. The number of aryl methyl sites for hydroxylation is 1. The summed E-state index contributed by atoms with van der Waals surface area (Å²) in [7, 11) is 1.92. The molecule has 0 bridgehead atoms. The fourth-order valence-electron chi connectivity index (χ4n) is 5.63. The summed E-state index contributed by atoms with van der Waals surface area (Å²) in [6.07, 6.45) is 5.34. The maximum atomic E-state index is 12.5. The Morgan fingerprint density at radius 3 is 2.31 bits per heavy atom. The third-order valence-electron chi connectivity index (χ3n) is 8.35. The molecule has 2 amide bonds. The summed E-state index contributed by atoms with van der Waals surface area (Å²) in [4.78, 5) is 23.6. The molecule has 0 aliphatic carbocycles. The molecule has 5 rings (SSSR count). The Kier molecular flexibility index (Phi) is 13.1. The number of carbonyl (C=O) groups excluding carboxylic acids is 2. The highest BCUT2D eigenvalue weighted by atomic mass is 32.2. The number of unbranched alkanes of at least 4 members (excludes halogenated alkanes) is 3. The fraction of sp³-hybridized carbons (Fsp3) is 0.389. The summed E-state index contributed by atoms with van der Waals surface area (Å²) >= 11 is 1.60. The number of thioether (sulfide) groups is 1. The fourth-order valence-corrected chi connectivity index (χ4v) is 6.54. The highest BCUT2D eigenvalue weighted by Crippen LogP contribution is 2.40. The Morgan fingerprint density at radius 1 is 0.917 bits per heavy atom. The third-order valence-corrected chi connectivity index (χ3v) is 9.52. The molecule has 4 N–H and O–H groups in total. The molecule has 1 aromatic heterocycles. The second-order valence-corrected chi connectivity index (χ2v) is 12.9. The molecule has 0 saturated carbocycles. The van der Waals surface area contributed by atoms with Gasteiger partial charge in [0.05, 0.1) is 18.8 Å². The number of amides is 2. The van der Waals surface area contributed by atoms with Crippen molar-refractivity contribution in [3.8, 4) is 11.1 Å². The molecule has 1 fully saturated rings. The first kappa shape index (κ1) is 35.2. The summed E-state index contributed by atoms with van der Waals surface area (Å²) in [5.41, 5.74) is 7.52. The van der Waals surface area contributed by atoms with Gasteiger partial charge in [0.25, 0.3) is 0 Å². The van der Waals surface area contributed by atoms with E-state index in [0.29, 0.717) is 31.6 Å². The highest BCUT2D eigenvalue weighted by molar-refractivity contribution is 7.99. The van der Waals surface area contributed by atoms with Gasteiger partial charge in [-0.2, -0.15) is 0 Å². The predicted octanol–water partition coefficient (Wildman–Crippen LogP) is 5.77. The average molecular weight is 674 g/mol. The molecule has 0 unspecified atom stereocenters. The Hall–Kier alpha value is -4.07. The van der Waals surface area contributed by atoms with Crippen LogP contribution < -0.4 is 10.8 Å². The molecular weight excluding hydrogens is 630 g/mol. The van der Waals surface area contributed by atoms with Gasteiger partial charge < -0.3 is 24.5 Å². The number of hydrogen-bond acceptors (Lipinski definition) is 9. The summed E-state index contributed by atoms with van der Waals surface area (Å²) in [6.45, 7) is 0.413. The van der Waals surface area contributed by atoms with Crippen molar-refractivity contribution in [1.82, 2.24) is 25.6 Å². The van der Waals surface area contributed by atoms with Gasteiger partial charge in [0.2, 0.25) is 11.8 Å². The molecule has 0 spiro atoms. The predicted molar refractivity (Wildman–Crippen MR) is 182 cm³/mol. The molecule has 11 nitrogen and oxygen atoms in total. The van der Waals surface area contributed by atoms with Gasteiger partial charge in [0.15, 0.2) is 11.4 Å². The minimum atomic E-state index is -0.568. The maximum Gasteiger partial charge on any atom is 0.243 e. The third kappa shape index (κ3) is 9.97. The van der Waals surface area contributed by atoms with Gasteiger partial charge in [-0.1, -0.05) is 97.4 Å². The van der Waals surface area contributed by atoms with Crippen LogP contribution in [0.4, 0.5) is 0 Å². The first-order chi connectivity index (χ1) is 23.4. The normalized spacial score (nSPS) is 17.6. The van der Waals surface area contributed by atoms with Crippen molar-refractivity contribution in [2.45, 2.75) is 81.8 Å². The van der Waals surface area contributed by atoms with E-state index in [0.717, 1.165) is 57.8 Å². The number of benzene rings is 3. The lowest BCUT2D eigenvalue weighted by Gasteiger charge is -2.36. The molecular formula is C36H43N5O6S. The Bertz CT molecular complexity index is 1610. The van der Waals surface area contributed by atoms with Crippen molar-refractivity contribution >= 4 is 23.6 Å². The van der Waals surface area contributed by atoms with Crippen molar-refractivity contribution < 1.29 is 29.4 Å². The number of nitrogens with zero attached hydrogens (tertiary/aromatic N) is 3. The number of hydrogen-bond donors (Lipinski definition) is 4. The van der Waals surface area contributed by atoms with Crippen LogP contribution in [-0.2, 0) is 39.3 Å². The number of aliphatic hydroxyl groups excluding tert-OH is 1. The first-order valence-corrected chi connectivity index (χ1v) is 17.3.